The van der Waals surface area contributed by atoms with Crippen molar-refractivity contribution in [2.24, 2.45) is 5.92 Å². The van der Waals surface area contributed by atoms with E-state index < -0.39 is 102 Å². The second-order valence-electron chi connectivity index (χ2n) is 10.5. The van der Waals surface area contributed by atoms with Crippen molar-refractivity contribution in [1.29, 1.82) is 0 Å². The van der Waals surface area contributed by atoms with Gasteiger partial charge in [0.05, 0.1) is 24.9 Å². The Morgan fingerprint density at radius 2 is 1.76 bits per heavy atom. The Labute approximate surface area is 258 Å². The van der Waals surface area contributed by atoms with Crippen molar-refractivity contribution < 1.29 is 71.8 Å². The molecule has 3 heterocycles. The van der Waals surface area contributed by atoms with Gasteiger partial charge in [0.15, 0.2) is 18.6 Å². The van der Waals surface area contributed by atoms with Gasteiger partial charge in [-0.15, -0.1) is 0 Å². The van der Waals surface area contributed by atoms with E-state index in [1.54, 1.807) is 6.92 Å². The van der Waals surface area contributed by atoms with Gasteiger partial charge in [0, 0.05) is 24.8 Å². The lowest BCUT2D eigenvalue weighted by Crippen LogP contribution is -2.38. The van der Waals surface area contributed by atoms with Crippen LogP contribution in [0.25, 0.3) is 0 Å². The van der Waals surface area contributed by atoms with Crippen LogP contribution in [-0.4, -0.2) is 120 Å². The fraction of sp³-hybridized carbons (Fsp3) is 0.783. The van der Waals surface area contributed by atoms with Crippen LogP contribution in [0.5, 0.6) is 0 Å². The topological polar surface area (TPSA) is 286 Å². The van der Waals surface area contributed by atoms with Gasteiger partial charge in [-0.1, -0.05) is 6.92 Å². The number of phosphoric ester groups is 2. The first-order valence-electron chi connectivity index (χ1n) is 13.9. The van der Waals surface area contributed by atoms with Crippen molar-refractivity contribution in [3.63, 3.8) is 0 Å². The monoisotopic (exact) mass is 709 g/mol. The van der Waals surface area contributed by atoms with Gasteiger partial charge in [-0.3, -0.25) is 23.4 Å². The van der Waals surface area contributed by atoms with E-state index in [-0.39, 0.29) is 25.9 Å². The zero-order valence-electron chi connectivity index (χ0n) is 24.4. The molecule has 3 rings (SSSR count). The molecule has 0 aromatic carbocycles. The fourth-order valence-electron chi connectivity index (χ4n) is 4.65. The van der Waals surface area contributed by atoms with Crippen LogP contribution < -0.4 is 11.2 Å². The van der Waals surface area contributed by atoms with Crippen molar-refractivity contribution in [2.45, 2.75) is 88.4 Å². The molecule has 13 unspecified atom stereocenters. The lowest BCUT2D eigenvalue weighted by molar-refractivity contribution is -0.122. The molecule has 2 aliphatic rings. The van der Waals surface area contributed by atoms with Crippen LogP contribution in [0.2, 0.25) is 0 Å². The summed E-state index contributed by atoms with van der Waals surface area (Å²) in [7, 11) is -12.2. The highest BCUT2D eigenvalue weighted by atomic mass is 31.3. The minimum Gasteiger partial charge on any atom is -0.396 e. The van der Waals surface area contributed by atoms with E-state index in [1.165, 1.54) is 6.92 Å². The molecule has 2 saturated heterocycles. The molecular weight excluding hydrogens is 669 g/mol. The van der Waals surface area contributed by atoms with Gasteiger partial charge in [-0.2, -0.15) is 8.83 Å². The molecule has 8 N–H and O–H groups in total. The first-order chi connectivity index (χ1) is 21.0. The van der Waals surface area contributed by atoms with E-state index >= 15 is 0 Å². The zero-order valence-corrected chi connectivity index (χ0v) is 27.1. The van der Waals surface area contributed by atoms with Crippen LogP contribution in [0.4, 0.5) is 0 Å². The maximum absolute atomic E-state index is 12.6. The van der Waals surface area contributed by atoms with Gasteiger partial charge in [-0.25, -0.2) is 13.9 Å². The molecule has 0 aliphatic carbocycles. The van der Waals surface area contributed by atoms with Crippen LogP contribution in [0.15, 0.2) is 21.9 Å². The summed E-state index contributed by atoms with van der Waals surface area (Å²) in [6.07, 6.45) is -6.65. The Balaban J connectivity index is 1.61. The van der Waals surface area contributed by atoms with Crippen molar-refractivity contribution >= 4 is 29.7 Å². The van der Waals surface area contributed by atoms with Crippen LogP contribution in [-0.2, 0) is 36.5 Å². The SMILES string of the molecule is C=[P+](CC)OC1C(O)C(COP(=O)(O)OP(=O)(O)OC2OC(CCC(O)C(O)CCO)C(C)C2O)OC1n1ccc(=O)[nH]c1=O. The Bertz CT molecular complexity index is 1360. The van der Waals surface area contributed by atoms with E-state index in [2.05, 4.69) is 10.6 Å². The molecule has 2 aliphatic heterocycles. The number of aromatic nitrogens is 2. The summed E-state index contributed by atoms with van der Waals surface area (Å²) >= 11 is 0. The molecule has 45 heavy (non-hydrogen) atoms. The van der Waals surface area contributed by atoms with Crippen molar-refractivity contribution in [1.82, 2.24) is 9.55 Å². The molecular formula is C23H40N2O17P3+. The van der Waals surface area contributed by atoms with E-state index in [0.717, 1.165) is 16.8 Å². The summed E-state index contributed by atoms with van der Waals surface area (Å²) in [5.41, 5.74) is -1.58. The van der Waals surface area contributed by atoms with Crippen LogP contribution in [0, 0.1) is 5.92 Å². The molecule has 1 aromatic heterocycles. The average Bonchev–Trinajstić information content (AvgIpc) is 3.39. The minimum atomic E-state index is -5.45. The summed E-state index contributed by atoms with van der Waals surface area (Å²) in [5, 5.41) is 49.9. The number of H-pyrrole nitrogens is 1. The molecule has 2 fully saturated rings. The third-order valence-electron chi connectivity index (χ3n) is 7.24. The number of nitrogens with one attached hydrogen (secondary N) is 1. The highest BCUT2D eigenvalue weighted by Crippen LogP contribution is 2.62. The molecule has 0 amide bonds. The zero-order chi connectivity index (χ0) is 33.7. The first-order valence-corrected chi connectivity index (χ1v) is 18.5. The number of aromatic amines is 1. The van der Waals surface area contributed by atoms with Gasteiger partial charge in [0.1, 0.15) is 30.8 Å². The van der Waals surface area contributed by atoms with E-state index in [1.807, 2.05) is 4.98 Å². The van der Waals surface area contributed by atoms with Gasteiger partial charge < -0.3 is 44.8 Å². The van der Waals surface area contributed by atoms with E-state index in [4.69, 9.17) is 28.2 Å². The first kappa shape index (κ1) is 38.2. The second-order valence-corrected chi connectivity index (χ2v) is 15.3. The quantitative estimate of drug-likeness (QED) is 0.0890. The van der Waals surface area contributed by atoms with Crippen molar-refractivity contribution in [3.05, 3.63) is 33.1 Å². The predicted octanol–water partition coefficient (Wildman–Crippen LogP) is -1.11. The Morgan fingerprint density at radius 3 is 2.38 bits per heavy atom. The Kier molecular flexibility index (Phi) is 13.8. The second kappa shape index (κ2) is 16.3. The average molecular weight is 709 g/mol. The minimum absolute atomic E-state index is 0.00381. The molecule has 1 aromatic rings. The molecule has 22 heteroatoms. The summed E-state index contributed by atoms with van der Waals surface area (Å²) in [5.74, 6) is -0.694. The highest BCUT2D eigenvalue weighted by molar-refractivity contribution is 7.61. The predicted molar refractivity (Wildman–Crippen MR) is 155 cm³/mol. The fourth-order valence-corrected chi connectivity index (χ4v) is 7.53. The molecule has 0 bridgehead atoms. The molecule has 0 saturated carbocycles. The molecule has 0 spiro atoms. The third kappa shape index (κ3) is 10.4. The van der Waals surface area contributed by atoms with Crippen LogP contribution in [0.3, 0.4) is 0 Å². The number of ether oxygens (including phenoxy) is 2. The normalized spacial score (nSPS) is 33.0. The number of aliphatic hydroxyl groups excluding tert-OH is 5. The molecule has 13 atom stereocenters. The summed E-state index contributed by atoms with van der Waals surface area (Å²) in [6.45, 7) is 2.04. The van der Waals surface area contributed by atoms with Crippen LogP contribution in [0.1, 0.15) is 39.3 Å². The number of rotatable bonds is 17. The number of nitrogens with zero attached hydrogens (tertiary/aromatic N) is 1. The van der Waals surface area contributed by atoms with Crippen molar-refractivity contribution in [3.8, 4) is 0 Å². The number of aliphatic hydroxyl groups is 5. The van der Waals surface area contributed by atoms with E-state index in [0.29, 0.717) is 6.16 Å². The maximum Gasteiger partial charge on any atom is 0.483 e. The summed E-state index contributed by atoms with van der Waals surface area (Å²) < 4.78 is 56.8. The largest absolute Gasteiger partial charge is 0.483 e. The molecule has 258 valence electrons. The number of phosphoric acid groups is 2. The van der Waals surface area contributed by atoms with Gasteiger partial charge in [-0.05, 0) is 26.2 Å². The Hall–Kier alpha value is -1.21. The standard InChI is InChI=1S/C23H39N2O17P3/c1-4-43(3)40-20-19(31)16(38-21(20)25-9-7-17(29)24-23(25)32)11-37-44(33,34)42-45(35,36)41-22-18(30)12(2)15(39-22)6-5-13(27)14(28)8-10-26/h7,9,12-16,18-22,26-28,30-31H,3-6,8,10-11H2,1-2H3,(H2-,24,29,32,33,34,35,36)/p+1. The summed E-state index contributed by atoms with van der Waals surface area (Å²) in [4.78, 5) is 46.2. The maximum atomic E-state index is 12.6. The molecule has 19 nitrogen and oxygen atoms in total. The Morgan fingerprint density at radius 1 is 1.09 bits per heavy atom. The van der Waals surface area contributed by atoms with Crippen LogP contribution >= 0.6 is 23.4 Å². The lowest BCUT2D eigenvalue weighted by atomic mass is 9.95. The molecule has 0 radical (unpaired) electrons. The van der Waals surface area contributed by atoms with E-state index in [9.17, 15) is 48.9 Å². The smallest absolute Gasteiger partial charge is 0.396 e. The lowest BCUT2D eigenvalue weighted by Gasteiger charge is -2.22. The highest BCUT2D eigenvalue weighted by Gasteiger charge is 2.51. The number of hydrogen-bond acceptors (Lipinski definition) is 15. The van der Waals surface area contributed by atoms with Gasteiger partial charge in [0.25, 0.3) is 5.56 Å². The van der Waals surface area contributed by atoms with Gasteiger partial charge >= 0.3 is 21.3 Å². The van der Waals surface area contributed by atoms with Crippen molar-refractivity contribution in [2.75, 3.05) is 19.4 Å². The summed E-state index contributed by atoms with van der Waals surface area (Å²) in [6, 6.07) is 1.03. The number of hydrogen-bond donors (Lipinski definition) is 8. The third-order valence-corrected chi connectivity index (χ3v) is 11.1. The van der Waals surface area contributed by atoms with Gasteiger partial charge in [0.2, 0.25) is 7.77 Å².